The molecule has 0 radical (unpaired) electrons. The van der Waals surface area contributed by atoms with E-state index < -0.39 is 12.1 Å². The Labute approximate surface area is 66.4 Å². The van der Waals surface area contributed by atoms with E-state index in [1.165, 1.54) is 0 Å². The third-order valence-corrected chi connectivity index (χ3v) is 1.60. The summed E-state index contributed by atoms with van der Waals surface area (Å²) < 4.78 is 12.5. The van der Waals surface area contributed by atoms with Gasteiger partial charge in [0.1, 0.15) is 0 Å². The molecule has 11 heavy (non-hydrogen) atoms. The van der Waals surface area contributed by atoms with Crippen LogP contribution in [0.1, 0.15) is 39.0 Å². The number of hydrogen-bond acceptors (Lipinski definition) is 1. The van der Waals surface area contributed by atoms with E-state index in [1.807, 2.05) is 0 Å². The van der Waals surface area contributed by atoms with Gasteiger partial charge < -0.3 is 5.11 Å². The number of aliphatic carboxylic acids is 1. The molecule has 0 fully saturated rings. The van der Waals surface area contributed by atoms with Gasteiger partial charge in [0, 0.05) is 6.42 Å². The normalized spacial score (nSPS) is 12.9. The standard InChI is InChI=1S/C8H15FO2/c1-2-7(9)5-3-4-6-8(10)11/h7H,2-6H2,1H3,(H,10,11). The summed E-state index contributed by atoms with van der Waals surface area (Å²) in [6.45, 7) is 1.79. The van der Waals surface area contributed by atoms with Gasteiger partial charge in [0.25, 0.3) is 0 Å². The van der Waals surface area contributed by atoms with Crippen LogP contribution in [-0.2, 0) is 4.79 Å². The van der Waals surface area contributed by atoms with Gasteiger partial charge in [0.15, 0.2) is 0 Å². The zero-order valence-corrected chi connectivity index (χ0v) is 6.85. The van der Waals surface area contributed by atoms with Crippen molar-refractivity contribution in [1.82, 2.24) is 0 Å². The van der Waals surface area contributed by atoms with E-state index in [-0.39, 0.29) is 6.42 Å². The summed E-state index contributed by atoms with van der Waals surface area (Å²) in [5, 5.41) is 8.24. The second-order valence-electron chi connectivity index (χ2n) is 2.65. The maximum Gasteiger partial charge on any atom is 0.303 e. The van der Waals surface area contributed by atoms with Crippen molar-refractivity contribution >= 4 is 5.97 Å². The topological polar surface area (TPSA) is 37.3 Å². The Kier molecular flexibility index (Phi) is 5.80. The zero-order valence-electron chi connectivity index (χ0n) is 6.85. The van der Waals surface area contributed by atoms with Crippen molar-refractivity contribution in [3.63, 3.8) is 0 Å². The van der Waals surface area contributed by atoms with E-state index in [4.69, 9.17) is 5.11 Å². The molecule has 0 heterocycles. The van der Waals surface area contributed by atoms with Gasteiger partial charge in [-0.25, -0.2) is 4.39 Å². The molecule has 0 aromatic rings. The highest BCUT2D eigenvalue weighted by molar-refractivity contribution is 5.66. The van der Waals surface area contributed by atoms with Gasteiger partial charge in [-0.05, 0) is 25.7 Å². The average Bonchev–Trinajstić information content (AvgIpc) is 1.97. The molecule has 1 unspecified atom stereocenters. The Morgan fingerprint density at radius 2 is 2.18 bits per heavy atom. The van der Waals surface area contributed by atoms with Crippen LogP contribution in [0.5, 0.6) is 0 Å². The quantitative estimate of drug-likeness (QED) is 0.609. The van der Waals surface area contributed by atoms with Crippen LogP contribution in [0.4, 0.5) is 4.39 Å². The van der Waals surface area contributed by atoms with Crippen molar-refractivity contribution < 1.29 is 14.3 Å². The van der Waals surface area contributed by atoms with E-state index in [2.05, 4.69) is 0 Å². The van der Waals surface area contributed by atoms with Crippen LogP contribution in [0.2, 0.25) is 0 Å². The monoisotopic (exact) mass is 162 g/mol. The van der Waals surface area contributed by atoms with Crippen LogP contribution in [0.25, 0.3) is 0 Å². The molecule has 1 atom stereocenters. The minimum Gasteiger partial charge on any atom is -0.481 e. The van der Waals surface area contributed by atoms with Gasteiger partial charge in [-0.2, -0.15) is 0 Å². The fourth-order valence-corrected chi connectivity index (χ4v) is 0.846. The summed E-state index contributed by atoms with van der Waals surface area (Å²) in [6, 6.07) is 0. The van der Waals surface area contributed by atoms with Crippen LogP contribution >= 0.6 is 0 Å². The summed E-state index contributed by atoms with van der Waals surface area (Å²) in [7, 11) is 0. The first-order chi connectivity index (χ1) is 5.16. The lowest BCUT2D eigenvalue weighted by Gasteiger charge is -2.02. The summed E-state index contributed by atoms with van der Waals surface area (Å²) in [4.78, 5) is 10.0. The van der Waals surface area contributed by atoms with Crippen LogP contribution in [-0.4, -0.2) is 17.2 Å². The molecule has 0 rings (SSSR count). The molecule has 1 N–H and O–H groups in total. The Bertz CT molecular complexity index is 115. The molecule has 0 aliphatic carbocycles. The highest BCUT2D eigenvalue weighted by Gasteiger charge is 2.03. The van der Waals surface area contributed by atoms with E-state index >= 15 is 0 Å². The zero-order chi connectivity index (χ0) is 8.69. The first-order valence-electron chi connectivity index (χ1n) is 4.02. The van der Waals surface area contributed by atoms with Gasteiger partial charge >= 0.3 is 5.97 Å². The number of carboxylic acid groups (broad SMARTS) is 1. The molecule has 0 aliphatic heterocycles. The minimum absolute atomic E-state index is 0.163. The highest BCUT2D eigenvalue weighted by atomic mass is 19.1. The Balaban J connectivity index is 3.08. The summed E-state index contributed by atoms with van der Waals surface area (Å²) >= 11 is 0. The number of halogens is 1. The molecule has 2 nitrogen and oxygen atoms in total. The van der Waals surface area contributed by atoms with Gasteiger partial charge in [-0.15, -0.1) is 0 Å². The predicted octanol–water partition coefficient (Wildman–Crippen LogP) is 2.38. The molecule has 0 aromatic carbocycles. The van der Waals surface area contributed by atoms with E-state index in [1.54, 1.807) is 6.92 Å². The third-order valence-electron chi connectivity index (χ3n) is 1.60. The molecule has 0 bridgehead atoms. The summed E-state index contributed by atoms with van der Waals surface area (Å²) in [6.07, 6.45) is 1.73. The fraction of sp³-hybridized carbons (Fsp3) is 0.875. The molecule has 0 saturated carbocycles. The van der Waals surface area contributed by atoms with Crippen molar-refractivity contribution in [3.8, 4) is 0 Å². The van der Waals surface area contributed by atoms with Gasteiger partial charge in [0.05, 0.1) is 6.17 Å². The molecule has 3 heteroatoms. The van der Waals surface area contributed by atoms with Gasteiger partial charge in [0.2, 0.25) is 0 Å². The van der Waals surface area contributed by atoms with Crippen LogP contribution in [0, 0.1) is 0 Å². The van der Waals surface area contributed by atoms with Gasteiger partial charge in [-0.3, -0.25) is 4.79 Å². The third kappa shape index (κ3) is 7.30. The molecule has 66 valence electrons. The fourth-order valence-electron chi connectivity index (χ4n) is 0.846. The number of hydrogen-bond donors (Lipinski definition) is 1. The van der Waals surface area contributed by atoms with Crippen LogP contribution < -0.4 is 0 Å². The SMILES string of the molecule is CCC(F)CCCCC(=O)O. The van der Waals surface area contributed by atoms with E-state index in [0.717, 1.165) is 0 Å². The van der Waals surface area contributed by atoms with Crippen molar-refractivity contribution in [2.75, 3.05) is 0 Å². The minimum atomic E-state index is -0.795. The van der Waals surface area contributed by atoms with Crippen LogP contribution in [0.15, 0.2) is 0 Å². The van der Waals surface area contributed by atoms with Crippen LogP contribution in [0.3, 0.4) is 0 Å². The number of rotatable bonds is 6. The lowest BCUT2D eigenvalue weighted by Crippen LogP contribution is -1.99. The first-order valence-corrected chi connectivity index (χ1v) is 4.02. The highest BCUT2D eigenvalue weighted by Crippen LogP contribution is 2.08. The predicted molar refractivity (Wildman–Crippen MR) is 41.3 cm³/mol. The largest absolute Gasteiger partial charge is 0.481 e. The summed E-state index contributed by atoms with van der Waals surface area (Å²) in [5.74, 6) is -0.795. The second-order valence-corrected chi connectivity index (χ2v) is 2.65. The van der Waals surface area contributed by atoms with Crippen molar-refractivity contribution in [3.05, 3.63) is 0 Å². The maximum absolute atomic E-state index is 12.5. The Hall–Kier alpha value is -0.600. The Morgan fingerprint density at radius 3 is 2.64 bits per heavy atom. The smallest absolute Gasteiger partial charge is 0.303 e. The first kappa shape index (κ1) is 10.4. The number of alkyl halides is 1. The number of carboxylic acids is 1. The molecular formula is C8H15FO2. The molecule has 0 aliphatic rings. The maximum atomic E-state index is 12.5. The lowest BCUT2D eigenvalue weighted by molar-refractivity contribution is -0.137. The molecular weight excluding hydrogens is 147 g/mol. The molecule has 0 saturated heterocycles. The molecule has 0 amide bonds. The van der Waals surface area contributed by atoms with Crippen molar-refractivity contribution in [2.24, 2.45) is 0 Å². The summed E-state index contributed by atoms with van der Waals surface area (Å²) in [5.41, 5.74) is 0. The van der Waals surface area contributed by atoms with E-state index in [9.17, 15) is 9.18 Å². The van der Waals surface area contributed by atoms with Crippen molar-refractivity contribution in [1.29, 1.82) is 0 Å². The molecule has 0 spiro atoms. The lowest BCUT2D eigenvalue weighted by atomic mass is 10.1. The van der Waals surface area contributed by atoms with Gasteiger partial charge in [-0.1, -0.05) is 6.92 Å². The Morgan fingerprint density at radius 1 is 1.55 bits per heavy atom. The number of unbranched alkanes of at least 4 members (excludes halogenated alkanes) is 1. The van der Waals surface area contributed by atoms with E-state index in [0.29, 0.717) is 25.7 Å². The number of carbonyl (C=O) groups is 1. The molecule has 0 aromatic heterocycles. The average molecular weight is 162 g/mol. The second kappa shape index (κ2) is 6.13. The van der Waals surface area contributed by atoms with Crippen molar-refractivity contribution in [2.45, 2.75) is 45.2 Å².